The second-order valence-electron chi connectivity index (χ2n) is 19.2. The van der Waals surface area contributed by atoms with Crippen molar-refractivity contribution in [2.24, 2.45) is 5.73 Å². The fourth-order valence-electron chi connectivity index (χ4n) is 9.48. The topological polar surface area (TPSA) is 288 Å². The molecule has 0 radical (unpaired) electrons. The van der Waals surface area contributed by atoms with Crippen LogP contribution in [0.25, 0.3) is 23.3 Å². The molecule has 3 aromatic carbocycles. The van der Waals surface area contributed by atoms with Crippen molar-refractivity contribution in [3.05, 3.63) is 156 Å². The number of rotatable bonds is 15. The van der Waals surface area contributed by atoms with Crippen LogP contribution in [0.5, 0.6) is 0 Å². The Balaban J connectivity index is 0.000000204. The van der Waals surface area contributed by atoms with Crippen molar-refractivity contribution in [2.75, 3.05) is 68.3 Å². The number of aldehydes is 1. The summed E-state index contributed by atoms with van der Waals surface area (Å²) >= 11 is 0. The van der Waals surface area contributed by atoms with Crippen molar-refractivity contribution in [3.63, 3.8) is 0 Å². The van der Waals surface area contributed by atoms with Gasteiger partial charge in [-0.2, -0.15) is 0 Å². The molecule has 3 aromatic heterocycles. The van der Waals surface area contributed by atoms with Crippen LogP contribution in [0.15, 0.2) is 54.6 Å². The van der Waals surface area contributed by atoms with Gasteiger partial charge in [-0.1, -0.05) is 27.7 Å². The van der Waals surface area contributed by atoms with Gasteiger partial charge in [0.15, 0.2) is 6.29 Å². The highest BCUT2D eigenvalue weighted by Crippen LogP contribution is 2.36. The number of nitrogens with zero attached hydrogens (tertiary/aromatic N) is 2. The van der Waals surface area contributed by atoms with E-state index in [0.29, 0.717) is 98.1 Å². The van der Waals surface area contributed by atoms with Crippen LogP contribution in [-0.4, -0.2) is 129 Å². The zero-order valence-corrected chi connectivity index (χ0v) is 47.7. The molecule has 9 rings (SSSR count). The molecule has 0 bridgehead atoms. The molecule has 0 saturated heterocycles. The minimum Gasteiger partial charge on any atom is -0.478 e. The van der Waals surface area contributed by atoms with Gasteiger partial charge in [0.25, 0.3) is 17.7 Å². The van der Waals surface area contributed by atoms with Crippen molar-refractivity contribution in [2.45, 2.75) is 75.7 Å². The summed E-state index contributed by atoms with van der Waals surface area (Å²) < 4.78 is 39.6. The average molecular weight is 1130 g/mol. The van der Waals surface area contributed by atoms with Crippen molar-refractivity contribution in [1.82, 2.24) is 30.1 Å². The van der Waals surface area contributed by atoms with Gasteiger partial charge in [0, 0.05) is 82.8 Å². The molecular weight excluding hydrogens is 1060 g/mol. The molecule has 0 aliphatic carbocycles. The number of anilines is 3. The summed E-state index contributed by atoms with van der Waals surface area (Å²) in [6.07, 6.45) is 4.15. The van der Waals surface area contributed by atoms with E-state index >= 15 is 0 Å². The van der Waals surface area contributed by atoms with Gasteiger partial charge in [-0.15, -0.1) is 0 Å². The third-order valence-corrected chi connectivity index (χ3v) is 13.9. The van der Waals surface area contributed by atoms with Gasteiger partial charge in [0.05, 0.1) is 40.0 Å². The number of carboxylic acids is 2. The Hall–Kier alpha value is -8.86. The fourth-order valence-corrected chi connectivity index (χ4v) is 9.48. The lowest BCUT2D eigenvalue weighted by atomic mass is 10.0. The molecule has 0 saturated carbocycles. The molecule has 4 amide bonds. The molecular formula is C60H71F3N10O9. The van der Waals surface area contributed by atoms with Gasteiger partial charge in [-0.05, 0) is 157 Å². The Morgan fingerprint density at radius 3 is 1.39 bits per heavy atom. The third-order valence-electron chi connectivity index (χ3n) is 13.9. The Kier molecular flexibility index (Phi) is 22.6. The molecule has 6 aromatic rings. The number of fused-ring (bicyclic) bond motifs is 3. The van der Waals surface area contributed by atoms with E-state index in [0.717, 1.165) is 68.3 Å². The highest BCUT2D eigenvalue weighted by Gasteiger charge is 2.28. The van der Waals surface area contributed by atoms with Crippen molar-refractivity contribution < 1.29 is 56.9 Å². The summed E-state index contributed by atoms with van der Waals surface area (Å²) in [5, 5.41) is 28.9. The molecule has 0 fully saturated rings. The van der Waals surface area contributed by atoms with Gasteiger partial charge in [-0.3, -0.25) is 24.0 Å². The SMILES string of the molecule is CCN(CC)CCN.CCN(CC)CCNC(=O)c1c(C)[nH]c(/C=C2\C(=O)Nc3ccc(F)cc32)c1C.Cc1[nH]c(/C=C2\C(=O)Nc3ccc(F)cc32)c(C)c1C(=O)O.Cc1[nH]c(C=O)c(C)c1C(=O)O.O=C1Cc2cc(F)ccc2N1. The number of amides is 4. The van der Waals surface area contributed by atoms with Gasteiger partial charge < -0.3 is 62.0 Å². The van der Waals surface area contributed by atoms with Gasteiger partial charge in [0.2, 0.25) is 5.91 Å². The van der Waals surface area contributed by atoms with Gasteiger partial charge in [0.1, 0.15) is 17.5 Å². The number of aryl methyl sites for hydroxylation is 3. The minimum atomic E-state index is -1.03. The first-order chi connectivity index (χ1) is 38.9. The first-order valence-corrected chi connectivity index (χ1v) is 26.6. The second kappa shape index (κ2) is 29.0. The number of H-pyrrole nitrogens is 3. The Bertz CT molecular complexity index is 3440. The number of aromatic carboxylic acids is 2. The number of hydrogen-bond acceptors (Lipinski definition) is 10. The van der Waals surface area contributed by atoms with E-state index in [9.17, 15) is 51.8 Å². The van der Waals surface area contributed by atoms with Crippen LogP contribution in [0.1, 0.15) is 131 Å². The third kappa shape index (κ3) is 15.7. The van der Waals surface area contributed by atoms with Crippen LogP contribution in [0.3, 0.4) is 0 Å². The van der Waals surface area contributed by atoms with Crippen LogP contribution in [-0.2, 0) is 20.8 Å². The highest BCUT2D eigenvalue weighted by molar-refractivity contribution is 6.35. The first-order valence-electron chi connectivity index (χ1n) is 26.6. The molecule has 6 heterocycles. The van der Waals surface area contributed by atoms with Gasteiger partial charge in [-0.25, -0.2) is 22.8 Å². The zero-order chi connectivity index (χ0) is 60.7. The molecule has 3 aliphatic heterocycles. The lowest BCUT2D eigenvalue weighted by Gasteiger charge is -2.18. The predicted molar refractivity (Wildman–Crippen MR) is 312 cm³/mol. The van der Waals surface area contributed by atoms with Crippen molar-refractivity contribution >= 4 is 82.2 Å². The van der Waals surface area contributed by atoms with Crippen molar-refractivity contribution in [3.8, 4) is 0 Å². The number of aromatic amines is 3. The van der Waals surface area contributed by atoms with E-state index in [1.807, 2.05) is 13.8 Å². The zero-order valence-electron chi connectivity index (χ0n) is 47.7. The number of carboxylic acid groups (broad SMARTS) is 2. The van der Waals surface area contributed by atoms with E-state index in [2.05, 4.69) is 73.7 Å². The number of hydrogen-bond donors (Lipinski definition) is 10. The molecule has 0 spiro atoms. The number of benzene rings is 3. The van der Waals surface area contributed by atoms with E-state index < -0.39 is 23.6 Å². The number of nitrogens with one attached hydrogen (secondary N) is 7. The lowest BCUT2D eigenvalue weighted by molar-refractivity contribution is -0.115. The number of carbonyl (C=O) groups excluding carboxylic acids is 5. The maximum Gasteiger partial charge on any atom is 0.337 e. The maximum atomic E-state index is 13.7. The summed E-state index contributed by atoms with van der Waals surface area (Å²) in [4.78, 5) is 93.5. The predicted octanol–water partition coefficient (Wildman–Crippen LogP) is 9.05. The quantitative estimate of drug-likeness (QED) is 0.0340. The number of nitrogens with two attached hydrogens (primary N) is 1. The van der Waals surface area contributed by atoms with Gasteiger partial charge >= 0.3 is 11.9 Å². The van der Waals surface area contributed by atoms with Crippen LogP contribution in [0.2, 0.25) is 0 Å². The Morgan fingerprint density at radius 1 is 0.585 bits per heavy atom. The Labute approximate surface area is 473 Å². The molecule has 11 N–H and O–H groups in total. The number of likely N-dealkylation sites (N-methyl/N-ethyl adjacent to an activating group) is 2. The molecule has 82 heavy (non-hydrogen) atoms. The maximum absolute atomic E-state index is 13.7. The van der Waals surface area contributed by atoms with Crippen LogP contribution < -0.4 is 27.0 Å². The molecule has 0 atom stereocenters. The van der Waals surface area contributed by atoms with Crippen molar-refractivity contribution in [1.29, 1.82) is 0 Å². The van der Waals surface area contributed by atoms with E-state index in [1.165, 1.54) is 42.5 Å². The van der Waals surface area contributed by atoms with E-state index in [4.69, 9.17) is 10.8 Å². The smallest absolute Gasteiger partial charge is 0.337 e. The Morgan fingerprint density at radius 2 is 0.988 bits per heavy atom. The normalized spacial score (nSPS) is 13.5. The second-order valence-corrected chi connectivity index (χ2v) is 19.2. The molecule has 0 unspecified atom stereocenters. The fraction of sp³-hybridized carbons (Fsp3) is 0.317. The molecule has 436 valence electrons. The van der Waals surface area contributed by atoms with E-state index in [-0.39, 0.29) is 40.6 Å². The lowest BCUT2D eigenvalue weighted by Crippen LogP contribution is -2.35. The summed E-state index contributed by atoms with van der Waals surface area (Å²) in [5.74, 6) is -4.01. The number of halogens is 3. The number of carbonyl (C=O) groups is 7. The summed E-state index contributed by atoms with van der Waals surface area (Å²) in [7, 11) is 0. The van der Waals surface area contributed by atoms with Crippen LogP contribution in [0.4, 0.5) is 30.2 Å². The molecule has 3 aliphatic rings. The highest BCUT2D eigenvalue weighted by atomic mass is 19.1. The van der Waals surface area contributed by atoms with E-state index in [1.54, 1.807) is 52.0 Å². The first kappa shape index (κ1) is 64.0. The molecule has 19 nitrogen and oxygen atoms in total. The summed E-state index contributed by atoms with van der Waals surface area (Å²) in [6.45, 7) is 26.0. The number of aromatic nitrogens is 3. The summed E-state index contributed by atoms with van der Waals surface area (Å²) in [6, 6.07) is 12.5. The average Bonchev–Trinajstić information content (AvgIpc) is 4.25. The van der Waals surface area contributed by atoms with Crippen LogP contribution in [0, 0.1) is 59.0 Å². The monoisotopic (exact) mass is 1130 g/mol. The summed E-state index contributed by atoms with van der Waals surface area (Å²) in [5.41, 5.74) is 15.6. The minimum absolute atomic E-state index is 0.0643. The molecule has 22 heteroatoms. The standard InChI is InChI=1S/C22H27FN4O2.C16H13FN2O3.C8H6FNO.C8H9NO3.C6H16N2/c1-5-27(6-2)10-9-24-22(29)20-13(3)19(25-14(20)4)12-17-16-11-15(23)7-8-18(16)26-21(17)28;1-7-13(18-8(2)14(7)16(21)22)6-11-10-5-9(17)3-4-12(10)19-15(11)20;9-6-1-2-7-5(3-6)4-8(11)10-7;1-4-6(3-10)9-5(2)7(4)8(11)12;1-3-8(4-2)6-5-7/h7-8,11-12,25H,5-6,9-10H2,1-4H3,(H,24,29)(H,26,28);3-6,18H,1-2H3,(H,19,20)(H,21,22);1-3H,4H2,(H,10,11);3,9H,1-2H3,(H,11,12);3-7H2,1-2H3/b17-12-;11-6-;;;. The largest absolute Gasteiger partial charge is 0.478 e. The van der Waals surface area contributed by atoms with Crippen LogP contribution >= 0.6 is 0 Å².